The van der Waals surface area contributed by atoms with Crippen molar-refractivity contribution in [3.8, 4) is 0 Å². The van der Waals surface area contributed by atoms with Crippen molar-refractivity contribution in [2.24, 2.45) is 0 Å². The van der Waals surface area contributed by atoms with Gasteiger partial charge >= 0.3 is 0 Å². The number of rotatable bonds is 5. The maximum Gasteiger partial charge on any atom is 0.258 e. The van der Waals surface area contributed by atoms with Gasteiger partial charge in [0.2, 0.25) is 0 Å². The first kappa shape index (κ1) is 20.9. The number of thiocarbonyl (C=S) groups is 1. The van der Waals surface area contributed by atoms with E-state index in [-0.39, 0.29) is 11.0 Å². The largest absolute Gasteiger partial charge is 0.308 e. The van der Waals surface area contributed by atoms with E-state index < -0.39 is 0 Å². The van der Waals surface area contributed by atoms with Crippen molar-refractivity contribution in [2.75, 3.05) is 5.32 Å². The van der Waals surface area contributed by atoms with E-state index in [1.54, 1.807) is 6.07 Å². The molecule has 1 heterocycles. The summed E-state index contributed by atoms with van der Waals surface area (Å²) >= 11 is 10.4. The van der Waals surface area contributed by atoms with E-state index in [9.17, 15) is 4.79 Å². The van der Waals surface area contributed by atoms with Crippen LogP contribution >= 0.6 is 39.5 Å². The van der Waals surface area contributed by atoms with Crippen LogP contribution in [0.25, 0.3) is 21.0 Å². The highest BCUT2D eigenvalue weighted by Crippen LogP contribution is 2.28. The Kier molecular flexibility index (Phi) is 6.41. The highest BCUT2D eigenvalue weighted by molar-refractivity contribution is 9.10. The third-order valence-electron chi connectivity index (χ3n) is 4.83. The van der Waals surface area contributed by atoms with Gasteiger partial charge in [-0.05, 0) is 65.7 Å². The average Bonchev–Trinajstić information content (AvgIpc) is 3.13. The molecule has 7 heteroatoms. The van der Waals surface area contributed by atoms with E-state index in [1.165, 1.54) is 29.7 Å². The monoisotopic (exact) mass is 497 g/mol. The van der Waals surface area contributed by atoms with Crippen molar-refractivity contribution in [3.63, 3.8) is 0 Å². The molecule has 0 aliphatic heterocycles. The normalized spacial score (nSPS) is 11.0. The number of nitrogens with one attached hydrogen (secondary N) is 2. The number of amides is 1. The van der Waals surface area contributed by atoms with Crippen molar-refractivity contribution >= 4 is 76.6 Å². The molecule has 3 aromatic carbocycles. The summed E-state index contributed by atoms with van der Waals surface area (Å²) < 4.78 is 2.06. The molecule has 152 valence electrons. The van der Waals surface area contributed by atoms with E-state index in [2.05, 4.69) is 50.6 Å². The van der Waals surface area contributed by atoms with Crippen LogP contribution in [0.2, 0.25) is 0 Å². The Morgan fingerprint density at radius 3 is 2.77 bits per heavy atom. The molecule has 2 N–H and O–H groups in total. The molecular weight excluding hydrogens is 478 g/mol. The molecule has 0 unspecified atom stereocenters. The van der Waals surface area contributed by atoms with Crippen molar-refractivity contribution < 1.29 is 4.79 Å². The van der Waals surface area contributed by atoms with Crippen LogP contribution in [0.5, 0.6) is 0 Å². The van der Waals surface area contributed by atoms with Crippen LogP contribution < -0.4 is 10.6 Å². The molecule has 0 saturated carbocycles. The van der Waals surface area contributed by atoms with E-state index >= 15 is 0 Å². The van der Waals surface area contributed by atoms with Gasteiger partial charge in [-0.2, -0.15) is 0 Å². The van der Waals surface area contributed by atoms with Crippen LogP contribution in [0.1, 0.15) is 35.7 Å². The molecule has 0 spiro atoms. The highest BCUT2D eigenvalue weighted by atomic mass is 79.9. The Hall–Kier alpha value is -2.35. The zero-order valence-electron chi connectivity index (χ0n) is 16.4. The van der Waals surface area contributed by atoms with Gasteiger partial charge in [-0.3, -0.25) is 10.1 Å². The van der Waals surface area contributed by atoms with Crippen molar-refractivity contribution in [2.45, 2.75) is 26.2 Å². The Labute approximate surface area is 192 Å². The molecule has 1 amide bonds. The molecule has 4 nitrogen and oxygen atoms in total. The predicted molar refractivity (Wildman–Crippen MR) is 134 cm³/mol. The van der Waals surface area contributed by atoms with Gasteiger partial charge in [0, 0.05) is 10.0 Å². The summed E-state index contributed by atoms with van der Waals surface area (Å²) in [4.78, 5) is 17.4. The maximum atomic E-state index is 12.8. The fourth-order valence-corrected chi connectivity index (χ4v) is 5.01. The minimum absolute atomic E-state index is 0.234. The van der Waals surface area contributed by atoms with Gasteiger partial charge in [0.15, 0.2) is 10.2 Å². The molecule has 0 aliphatic carbocycles. The second-order valence-electron chi connectivity index (χ2n) is 6.97. The van der Waals surface area contributed by atoms with E-state index in [4.69, 9.17) is 12.2 Å². The van der Waals surface area contributed by atoms with Crippen molar-refractivity contribution in [3.05, 3.63) is 70.2 Å². The van der Waals surface area contributed by atoms with Gasteiger partial charge in [0.1, 0.15) is 0 Å². The lowest BCUT2D eigenvalue weighted by Crippen LogP contribution is -2.34. The lowest BCUT2D eigenvalue weighted by atomic mass is 10.0. The Morgan fingerprint density at radius 2 is 1.93 bits per heavy atom. The zero-order valence-corrected chi connectivity index (χ0v) is 19.6. The summed E-state index contributed by atoms with van der Waals surface area (Å²) in [5, 5.41) is 8.58. The third-order valence-corrected chi connectivity index (χ3v) is 6.66. The van der Waals surface area contributed by atoms with Gasteiger partial charge in [0.25, 0.3) is 5.91 Å². The van der Waals surface area contributed by atoms with E-state index in [0.717, 1.165) is 31.9 Å². The molecule has 1 aromatic heterocycles. The van der Waals surface area contributed by atoms with Crippen LogP contribution in [-0.4, -0.2) is 16.0 Å². The fraction of sp³-hybridized carbons (Fsp3) is 0.174. The summed E-state index contributed by atoms with van der Waals surface area (Å²) in [6, 6.07) is 17.8. The van der Waals surface area contributed by atoms with Crippen molar-refractivity contribution in [1.82, 2.24) is 10.3 Å². The smallest absolute Gasteiger partial charge is 0.258 e. The number of aromatic nitrogens is 1. The van der Waals surface area contributed by atoms with Crippen LogP contribution in [-0.2, 0) is 6.42 Å². The quantitative estimate of drug-likeness (QED) is 0.302. The van der Waals surface area contributed by atoms with Crippen LogP contribution in [0.4, 0.5) is 5.13 Å². The van der Waals surface area contributed by atoms with Gasteiger partial charge in [-0.25, -0.2) is 4.98 Å². The number of halogens is 1. The van der Waals surface area contributed by atoms with E-state index in [1.807, 2.05) is 36.4 Å². The van der Waals surface area contributed by atoms with Gasteiger partial charge in [0.05, 0.1) is 10.2 Å². The number of carbonyl (C=O) groups excluding carboxylic acids is 1. The van der Waals surface area contributed by atoms with Gasteiger partial charge in [-0.15, -0.1) is 0 Å². The number of thiazole rings is 1. The number of anilines is 1. The van der Waals surface area contributed by atoms with Crippen LogP contribution in [0, 0.1) is 0 Å². The number of fused-ring (bicyclic) bond motifs is 2. The third kappa shape index (κ3) is 4.53. The number of unbranched alkanes of at least 4 members (excludes halogenated alkanes) is 1. The highest BCUT2D eigenvalue weighted by Gasteiger charge is 2.14. The van der Waals surface area contributed by atoms with E-state index in [0.29, 0.717) is 10.7 Å². The molecule has 0 aliphatic rings. The Balaban J connectivity index is 1.48. The zero-order chi connectivity index (χ0) is 21.1. The number of benzene rings is 3. The second kappa shape index (κ2) is 9.20. The standard InChI is InChI=1S/C23H20BrN3OS2/c1-2-3-6-14-11-12-19-20(13-14)30-23(25-19)27-22(29)26-21(28)17-9-4-8-16-15(17)7-5-10-18(16)24/h4-5,7-13H,2-3,6H2,1H3,(H2,25,26,27,28,29). The summed E-state index contributed by atoms with van der Waals surface area (Å²) in [7, 11) is 0. The summed E-state index contributed by atoms with van der Waals surface area (Å²) in [6.07, 6.45) is 3.42. The topological polar surface area (TPSA) is 54.0 Å². The molecule has 0 radical (unpaired) electrons. The molecule has 0 saturated heterocycles. The Morgan fingerprint density at radius 1 is 1.13 bits per heavy atom. The van der Waals surface area contributed by atoms with Gasteiger partial charge < -0.3 is 5.32 Å². The number of carbonyl (C=O) groups is 1. The molecule has 30 heavy (non-hydrogen) atoms. The number of nitrogens with zero attached hydrogens (tertiary/aromatic N) is 1. The Bertz CT molecular complexity index is 1250. The number of hydrogen-bond donors (Lipinski definition) is 2. The molecular formula is C23H20BrN3OS2. The molecule has 0 bridgehead atoms. The first-order chi connectivity index (χ1) is 14.5. The maximum absolute atomic E-state index is 12.8. The minimum atomic E-state index is -0.251. The minimum Gasteiger partial charge on any atom is -0.308 e. The first-order valence-corrected chi connectivity index (χ1v) is 11.8. The summed E-state index contributed by atoms with van der Waals surface area (Å²) in [6.45, 7) is 2.19. The number of hydrogen-bond acceptors (Lipinski definition) is 4. The average molecular weight is 498 g/mol. The summed E-state index contributed by atoms with van der Waals surface area (Å²) in [5.41, 5.74) is 2.82. The first-order valence-electron chi connectivity index (χ1n) is 9.74. The molecule has 4 aromatic rings. The number of aryl methyl sites for hydroxylation is 1. The van der Waals surface area contributed by atoms with Crippen LogP contribution in [0.3, 0.4) is 0 Å². The van der Waals surface area contributed by atoms with Gasteiger partial charge in [-0.1, -0.05) is 70.9 Å². The fourth-order valence-electron chi connectivity index (χ4n) is 3.33. The van der Waals surface area contributed by atoms with Crippen molar-refractivity contribution in [1.29, 1.82) is 0 Å². The summed E-state index contributed by atoms with van der Waals surface area (Å²) in [5.74, 6) is -0.251. The molecule has 4 rings (SSSR count). The lowest BCUT2D eigenvalue weighted by Gasteiger charge is -2.10. The van der Waals surface area contributed by atoms with Crippen LogP contribution in [0.15, 0.2) is 59.1 Å². The molecule has 0 atom stereocenters. The SMILES string of the molecule is CCCCc1ccc2nc(NC(=S)NC(=O)c3cccc4c(Br)cccc34)sc2c1. The predicted octanol–water partition coefficient (Wildman–Crippen LogP) is 6.68. The second-order valence-corrected chi connectivity index (χ2v) is 9.27. The molecule has 0 fully saturated rings. The lowest BCUT2D eigenvalue weighted by molar-refractivity contribution is 0.0979.